The SMILES string of the molecule is O=C(Cc1csc(N2CCCC2=O)n1)N[C@@H]1CCc2ccccc21. The minimum absolute atomic E-state index is 0.0127. The smallest absolute Gasteiger partial charge is 0.228 e. The highest BCUT2D eigenvalue weighted by molar-refractivity contribution is 7.14. The summed E-state index contributed by atoms with van der Waals surface area (Å²) in [4.78, 5) is 30.3. The number of carbonyl (C=O) groups excluding carboxylic acids is 2. The number of benzene rings is 1. The molecule has 1 fully saturated rings. The fraction of sp³-hybridized carbons (Fsp3) is 0.389. The van der Waals surface area contributed by atoms with Gasteiger partial charge in [-0.1, -0.05) is 24.3 Å². The Hall–Kier alpha value is -2.21. The number of rotatable bonds is 4. The van der Waals surface area contributed by atoms with Gasteiger partial charge in [-0.05, 0) is 30.4 Å². The van der Waals surface area contributed by atoms with Crippen LogP contribution in [0.15, 0.2) is 29.6 Å². The van der Waals surface area contributed by atoms with Crippen molar-refractivity contribution in [2.75, 3.05) is 11.4 Å². The van der Waals surface area contributed by atoms with E-state index >= 15 is 0 Å². The number of aryl methyl sites for hydroxylation is 1. The number of aromatic nitrogens is 1. The van der Waals surface area contributed by atoms with E-state index in [-0.39, 0.29) is 24.3 Å². The molecule has 1 aromatic carbocycles. The Morgan fingerprint density at radius 1 is 1.33 bits per heavy atom. The van der Waals surface area contributed by atoms with Gasteiger partial charge in [0.25, 0.3) is 0 Å². The van der Waals surface area contributed by atoms with Crippen LogP contribution in [0, 0.1) is 0 Å². The number of hydrogen-bond acceptors (Lipinski definition) is 4. The number of hydrogen-bond donors (Lipinski definition) is 1. The molecule has 1 atom stereocenters. The van der Waals surface area contributed by atoms with E-state index in [1.165, 1.54) is 22.5 Å². The summed E-state index contributed by atoms with van der Waals surface area (Å²) in [5.74, 6) is 0.115. The molecule has 1 aromatic heterocycles. The highest BCUT2D eigenvalue weighted by Gasteiger charge is 2.26. The van der Waals surface area contributed by atoms with Crippen LogP contribution in [-0.4, -0.2) is 23.3 Å². The number of nitrogens with one attached hydrogen (secondary N) is 1. The van der Waals surface area contributed by atoms with Crippen LogP contribution in [0.4, 0.5) is 5.13 Å². The van der Waals surface area contributed by atoms with E-state index in [4.69, 9.17) is 0 Å². The molecule has 2 aromatic rings. The van der Waals surface area contributed by atoms with Gasteiger partial charge in [0.15, 0.2) is 5.13 Å². The van der Waals surface area contributed by atoms with Gasteiger partial charge < -0.3 is 5.32 Å². The van der Waals surface area contributed by atoms with E-state index in [1.54, 1.807) is 4.90 Å². The molecular formula is C18H19N3O2S. The number of carbonyl (C=O) groups is 2. The second-order valence-electron chi connectivity index (χ2n) is 6.30. The third kappa shape index (κ3) is 2.94. The molecule has 2 amide bonds. The van der Waals surface area contributed by atoms with E-state index < -0.39 is 0 Å². The van der Waals surface area contributed by atoms with Crippen LogP contribution in [-0.2, 0) is 22.4 Å². The van der Waals surface area contributed by atoms with Gasteiger partial charge in [0.2, 0.25) is 11.8 Å². The van der Waals surface area contributed by atoms with Crippen LogP contribution in [0.5, 0.6) is 0 Å². The van der Waals surface area contributed by atoms with Gasteiger partial charge in [0.1, 0.15) is 0 Å². The maximum Gasteiger partial charge on any atom is 0.228 e. The normalized spacial score (nSPS) is 19.6. The van der Waals surface area contributed by atoms with Gasteiger partial charge >= 0.3 is 0 Å². The number of fused-ring (bicyclic) bond motifs is 1. The van der Waals surface area contributed by atoms with Crippen molar-refractivity contribution in [1.29, 1.82) is 0 Å². The molecule has 0 unspecified atom stereocenters. The Balaban J connectivity index is 1.39. The quantitative estimate of drug-likeness (QED) is 0.930. The summed E-state index contributed by atoms with van der Waals surface area (Å²) in [5.41, 5.74) is 3.29. The molecule has 6 heteroatoms. The fourth-order valence-electron chi connectivity index (χ4n) is 3.47. The van der Waals surface area contributed by atoms with Crippen molar-refractivity contribution < 1.29 is 9.59 Å². The van der Waals surface area contributed by atoms with Crippen molar-refractivity contribution in [3.8, 4) is 0 Å². The lowest BCUT2D eigenvalue weighted by molar-refractivity contribution is -0.121. The number of amides is 2. The highest BCUT2D eigenvalue weighted by Crippen LogP contribution is 2.31. The topological polar surface area (TPSA) is 62.3 Å². The maximum atomic E-state index is 12.3. The average molecular weight is 341 g/mol. The molecule has 1 aliphatic carbocycles. The number of anilines is 1. The molecule has 0 spiro atoms. The van der Waals surface area contributed by atoms with Crippen LogP contribution >= 0.6 is 11.3 Å². The predicted molar refractivity (Wildman–Crippen MR) is 93.1 cm³/mol. The molecule has 2 heterocycles. The van der Waals surface area contributed by atoms with E-state index in [0.717, 1.165) is 31.5 Å². The van der Waals surface area contributed by atoms with Gasteiger partial charge in [-0.3, -0.25) is 14.5 Å². The van der Waals surface area contributed by atoms with Gasteiger partial charge in [0, 0.05) is 18.3 Å². The summed E-state index contributed by atoms with van der Waals surface area (Å²) in [6.07, 6.45) is 3.71. The molecule has 0 bridgehead atoms. The third-order valence-electron chi connectivity index (χ3n) is 4.65. The summed E-state index contributed by atoms with van der Waals surface area (Å²) in [6, 6.07) is 8.38. The molecule has 124 valence electrons. The Kier molecular flexibility index (Phi) is 4.06. The highest BCUT2D eigenvalue weighted by atomic mass is 32.1. The summed E-state index contributed by atoms with van der Waals surface area (Å²) < 4.78 is 0. The molecule has 0 radical (unpaired) electrons. The van der Waals surface area contributed by atoms with Crippen LogP contribution in [0.25, 0.3) is 0 Å². The zero-order valence-corrected chi connectivity index (χ0v) is 14.1. The minimum atomic E-state index is -0.0127. The monoisotopic (exact) mass is 341 g/mol. The molecule has 2 aliphatic rings. The Morgan fingerprint density at radius 3 is 3.04 bits per heavy atom. The van der Waals surface area contributed by atoms with Crippen molar-refractivity contribution in [1.82, 2.24) is 10.3 Å². The molecular weight excluding hydrogens is 322 g/mol. The van der Waals surface area contributed by atoms with E-state index in [2.05, 4.69) is 22.4 Å². The lowest BCUT2D eigenvalue weighted by Crippen LogP contribution is -2.28. The Labute approximate surface area is 144 Å². The second kappa shape index (κ2) is 6.36. The molecule has 1 N–H and O–H groups in total. The first-order valence-corrected chi connectivity index (χ1v) is 9.20. The standard InChI is InChI=1S/C18H19N3O2S/c22-16(20-15-8-7-12-4-1-2-5-14(12)15)10-13-11-24-18(19-13)21-9-3-6-17(21)23/h1-2,4-5,11,15H,3,6-10H2,(H,20,22)/t15-/m1/s1. The summed E-state index contributed by atoms with van der Waals surface area (Å²) >= 11 is 1.44. The van der Waals surface area contributed by atoms with Crippen LogP contribution < -0.4 is 10.2 Å². The molecule has 24 heavy (non-hydrogen) atoms. The van der Waals surface area contributed by atoms with Crippen LogP contribution in [0.1, 0.15) is 42.1 Å². The summed E-state index contributed by atoms with van der Waals surface area (Å²) in [7, 11) is 0. The van der Waals surface area contributed by atoms with E-state index in [0.29, 0.717) is 11.6 Å². The van der Waals surface area contributed by atoms with Gasteiger partial charge in [-0.25, -0.2) is 4.98 Å². The Bertz CT molecular complexity index is 786. The second-order valence-corrected chi connectivity index (χ2v) is 7.14. The zero-order chi connectivity index (χ0) is 16.5. The first kappa shape index (κ1) is 15.3. The van der Waals surface area contributed by atoms with Crippen molar-refractivity contribution in [3.05, 3.63) is 46.5 Å². The first-order valence-electron chi connectivity index (χ1n) is 8.32. The average Bonchev–Trinajstić information content (AvgIpc) is 3.28. The predicted octanol–water partition coefficient (Wildman–Crippen LogP) is 2.62. The maximum absolute atomic E-state index is 12.3. The van der Waals surface area contributed by atoms with Crippen molar-refractivity contribution >= 4 is 28.3 Å². The van der Waals surface area contributed by atoms with Crippen molar-refractivity contribution in [3.63, 3.8) is 0 Å². The zero-order valence-electron chi connectivity index (χ0n) is 13.3. The lowest BCUT2D eigenvalue weighted by Gasteiger charge is -2.13. The molecule has 1 aliphatic heterocycles. The minimum Gasteiger partial charge on any atom is -0.349 e. The van der Waals surface area contributed by atoms with Crippen LogP contribution in [0.2, 0.25) is 0 Å². The largest absolute Gasteiger partial charge is 0.349 e. The first-order chi connectivity index (χ1) is 11.7. The molecule has 0 saturated carbocycles. The van der Waals surface area contributed by atoms with Gasteiger partial charge in [0.05, 0.1) is 18.2 Å². The third-order valence-corrected chi connectivity index (χ3v) is 5.57. The van der Waals surface area contributed by atoms with E-state index in [1.807, 2.05) is 17.5 Å². The van der Waals surface area contributed by atoms with Crippen molar-refractivity contribution in [2.45, 2.75) is 38.1 Å². The van der Waals surface area contributed by atoms with Gasteiger partial charge in [-0.15, -0.1) is 11.3 Å². The van der Waals surface area contributed by atoms with Crippen molar-refractivity contribution in [2.24, 2.45) is 0 Å². The van der Waals surface area contributed by atoms with Gasteiger partial charge in [-0.2, -0.15) is 0 Å². The number of thiazole rings is 1. The van der Waals surface area contributed by atoms with Crippen LogP contribution in [0.3, 0.4) is 0 Å². The lowest BCUT2D eigenvalue weighted by atomic mass is 10.1. The summed E-state index contributed by atoms with van der Waals surface area (Å²) in [6.45, 7) is 0.733. The molecule has 1 saturated heterocycles. The number of nitrogens with zero attached hydrogens (tertiary/aromatic N) is 2. The summed E-state index contributed by atoms with van der Waals surface area (Å²) in [5, 5.41) is 5.71. The fourth-order valence-corrected chi connectivity index (χ4v) is 4.34. The molecule has 5 nitrogen and oxygen atoms in total. The Morgan fingerprint density at radius 2 is 2.21 bits per heavy atom. The van der Waals surface area contributed by atoms with E-state index in [9.17, 15) is 9.59 Å². The molecule has 4 rings (SSSR count).